The second-order valence-electron chi connectivity index (χ2n) is 7.91. The van der Waals surface area contributed by atoms with E-state index in [1.54, 1.807) is 61.6 Å². The van der Waals surface area contributed by atoms with Crippen molar-refractivity contribution in [1.29, 1.82) is 0 Å². The molecule has 0 bridgehead atoms. The quantitative estimate of drug-likeness (QED) is 0.482. The van der Waals surface area contributed by atoms with Crippen LogP contribution in [0.4, 0.5) is 11.8 Å². The summed E-state index contributed by atoms with van der Waals surface area (Å²) < 4.78 is 28.4. The Morgan fingerprint density at radius 1 is 0.939 bits per heavy atom. The molecule has 4 rings (SSSR count). The number of benzene rings is 2. The SMILES string of the molecule is CN(C)c1ncc(-c2ccc3nc(N)n(-c4ccccc4)c(=O)c3c2)cc1S(=O)(=O)N(C)C. The fraction of sp³-hybridized carbons (Fsp3) is 0.174. The van der Waals surface area contributed by atoms with Crippen LogP contribution < -0.4 is 16.2 Å². The molecule has 33 heavy (non-hydrogen) atoms. The van der Waals surface area contributed by atoms with Crippen molar-refractivity contribution in [3.8, 4) is 16.8 Å². The number of nitrogen functional groups attached to an aromatic ring is 1. The molecule has 0 amide bonds. The molecule has 4 aromatic rings. The highest BCUT2D eigenvalue weighted by Gasteiger charge is 2.24. The van der Waals surface area contributed by atoms with E-state index < -0.39 is 10.0 Å². The van der Waals surface area contributed by atoms with Crippen molar-refractivity contribution in [1.82, 2.24) is 18.8 Å². The van der Waals surface area contributed by atoms with Gasteiger partial charge in [0.1, 0.15) is 10.7 Å². The van der Waals surface area contributed by atoms with Crippen molar-refractivity contribution in [2.45, 2.75) is 4.90 Å². The van der Waals surface area contributed by atoms with E-state index in [2.05, 4.69) is 9.97 Å². The van der Waals surface area contributed by atoms with Crippen LogP contribution in [-0.4, -0.2) is 55.4 Å². The smallest absolute Gasteiger partial charge is 0.267 e. The summed E-state index contributed by atoms with van der Waals surface area (Å²) in [4.78, 5) is 23.8. The first-order valence-electron chi connectivity index (χ1n) is 10.1. The van der Waals surface area contributed by atoms with Crippen molar-refractivity contribution >= 4 is 32.7 Å². The average Bonchev–Trinajstić information content (AvgIpc) is 2.79. The molecular formula is C23H24N6O3S. The minimum absolute atomic E-state index is 0.0761. The van der Waals surface area contributed by atoms with Crippen molar-refractivity contribution in [3.63, 3.8) is 0 Å². The maximum atomic E-state index is 13.3. The van der Waals surface area contributed by atoms with Gasteiger partial charge in [0.15, 0.2) is 0 Å². The van der Waals surface area contributed by atoms with Crippen molar-refractivity contribution in [2.75, 3.05) is 38.8 Å². The first kappa shape index (κ1) is 22.4. The third kappa shape index (κ3) is 3.94. The average molecular weight is 465 g/mol. The lowest BCUT2D eigenvalue weighted by Crippen LogP contribution is -2.25. The Labute approximate surface area is 191 Å². The van der Waals surface area contributed by atoms with Crippen LogP contribution in [-0.2, 0) is 10.0 Å². The van der Waals surface area contributed by atoms with E-state index >= 15 is 0 Å². The number of fused-ring (bicyclic) bond motifs is 1. The van der Waals surface area contributed by atoms with Crippen LogP contribution in [0.25, 0.3) is 27.7 Å². The van der Waals surface area contributed by atoms with Crippen LogP contribution in [0.3, 0.4) is 0 Å². The van der Waals surface area contributed by atoms with Gasteiger partial charge in [-0.25, -0.2) is 27.3 Å². The standard InChI is InChI=1S/C23H24N6O3S/c1-27(2)21-20(33(31,32)28(3)4)13-16(14-25-21)15-10-11-19-18(12-15)22(30)29(23(24)26-19)17-8-6-5-7-9-17/h5-14H,1-4H3,(H2,24,26). The molecule has 0 fully saturated rings. The number of rotatable bonds is 5. The summed E-state index contributed by atoms with van der Waals surface area (Å²) in [5.74, 6) is 0.414. The molecule has 2 heterocycles. The van der Waals surface area contributed by atoms with Crippen molar-refractivity contribution < 1.29 is 8.42 Å². The van der Waals surface area contributed by atoms with Gasteiger partial charge in [-0.3, -0.25) is 4.79 Å². The van der Waals surface area contributed by atoms with Gasteiger partial charge in [0.05, 0.1) is 16.6 Å². The molecule has 0 unspecified atom stereocenters. The largest absolute Gasteiger partial charge is 0.369 e. The van der Waals surface area contributed by atoms with Gasteiger partial charge in [0.25, 0.3) is 5.56 Å². The number of sulfonamides is 1. The number of aromatic nitrogens is 3. The van der Waals surface area contributed by atoms with Crippen LogP contribution in [0, 0.1) is 0 Å². The molecule has 170 valence electrons. The topological polar surface area (TPSA) is 114 Å². The van der Waals surface area contributed by atoms with Crippen LogP contribution in [0.5, 0.6) is 0 Å². The molecule has 10 heteroatoms. The highest BCUT2D eigenvalue weighted by atomic mass is 32.2. The number of para-hydroxylation sites is 1. The molecular weight excluding hydrogens is 440 g/mol. The summed E-state index contributed by atoms with van der Waals surface area (Å²) in [7, 11) is 2.66. The van der Waals surface area contributed by atoms with Gasteiger partial charge in [-0.05, 0) is 35.9 Å². The van der Waals surface area contributed by atoms with Gasteiger partial charge in [0.2, 0.25) is 16.0 Å². The van der Waals surface area contributed by atoms with Gasteiger partial charge in [-0.15, -0.1) is 0 Å². The fourth-order valence-corrected chi connectivity index (χ4v) is 4.66. The van der Waals surface area contributed by atoms with Gasteiger partial charge in [-0.2, -0.15) is 0 Å². The zero-order chi connectivity index (χ0) is 23.9. The Hall–Kier alpha value is -3.76. The minimum atomic E-state index is -3.75. The monoisotopic (exact) mass is 464 g/mol. The summed E-state index contributed by atoms with van der Waals surface area (Å²) in [5.41, 5.74) is 8.02. The van der Waals surface area contributed by atoms with E-state index in [0.717, 1.165) is 4.31 Å². The van der Waals surface area contributed by atoms with E-state index in [1.165, 1.54) is 18.7 Å². The Balaban J connectivity index is 1.94. The third-order valence-electron chi connectivity index (χ3n) is 5.26. The Kier molecular flexibility index (Phi) is 5.64. The Morgan fingerprint density at radius 3 is 2.27 bits per heavy atom. The predicted molar refractivity (Wildman–Crippen MR) is 130 cm³/mol. The molecule has 0 saturated heterocycles. The zero-order valence-electron chi connectivity index (χ0n) is 18.7. The van der Waals surface area contributed by atoms with Crippen LogP contribution in [0.15, 0.2) is 70.5 Å². The van der Waals surface area contributed by atoms with Gasteiger partial charge in [0, 0.05) is 40.0 Å². The van der Waals surface area contributed by atoms with E-state index in [1.807, 2.05) is 18.2 Å². The maximum absolute atomic E-state index is 13.3. The number of nitrogens with zero attached hydrogens (tertiary/aromatic N) is 5. The number of anilines is 2. The second kappa shape index (κ2) is 8.30. The predicted octanol–water partition coefficient (Wildman–Crippen LogP) is 2.35. The van der Waals surface area contributed by atoms with Gasteiger partial charge in [-0.1, -0.05) is 24.3 Å². The van der Waals surface area contributed by atoms with E-state index in [0.29, 0.717) is 33.5 Å². The number of nitrogens with two attached hydrogens (primary N) is 1. The maximum Gasteiger partial charge on any atom is 0.267 e. The van der Waals surface area contributed by atoms with Crippen LogP contribution in [0.1, 0.15) is 0 Å². The highest BCUT2D eigenvalue weighted by Crippen LogP contribution is 2.30. The zero-order valence-corrected chi connectivity index (χ0v) is 19.5. The number of hydrogen-bond donors (Lipinski definition) is 1. The number of hydrogen-bond acceptors (Lipinski definition) is 7. The van der Waals surface area contributed by atoms with Crippen LogP contribution >= 0.6 is 0 Å². The molecule has 0 spiro atoms. The highest BCUT2D eigenvalue weighted by molar-refractivity contribution is 7.89. The fourth-order valence-electron chi connectivity index (χ4n) is 3.53. The molecule has 0 atom stereocenters. The second-order valence-corrected chi connectivity index (χ2v) is 10.0. The molecule has 0 radical (unpaired) electrons. The molecule has 0 aliphatic heterocycles. The Bertz CT molecular complexity index is 1510. The van der Waals surface area contributed by atoms with Crippen molar-refractivity contribution in [2.24, 2.45) is 0 Å². The molecule has 0 aliphatic carbocycles. The normalized spacial score (nSPS) is 11.8. The van der Waals surface area contributed by atoms with E-state index in [4.69, 9.17) is 5.73 Å². The molecule has 0 saturated carbocycles. The lowest BCUT2D eigenvalue weighted by molar-refractivity contribution is 0.520. The molecule has 2 aromatic carbocycles. The third-order valence-corrected chi connectivity index (χ3v) is 7.07. The lowest BCUT2D eigenvalue weighted by atomic mass is 10.1. The molecule has 0 aliphatic rings. The van der Waals surface area contributed by atoms with Gasteiger partial charge < -0.3 is 10.6 Å². The lowest BCUT2D eigenvalue weighted by Gasteiger charge is -2.20. The van der Waals surface area contributed by atoms with E-state index in [9.17, 15) is 13.2 Å². The Morgan fingerprint density at radius 2 is 1.64 bits per heavy atom. The van der Waals surface area contributed by atoms with E-state index in [-0.39, 0.29) is 16.4 Å². The molecule has 9 nitrogen and oxygen atoms in total. The summed E-state index contributed by atoms with van der Waals surface area (Å²) in [6, 6.07) is 15.7. The summed E-state index contributed by atoms with van der Waals surface area (Å²) in [6.45, 7) is 0. The van der Waals surface area contributed by atoms with Crippen molar-refractivity contribution in [3.05, 3.63) is 71.1 Å². The summed E-state index contributed by atoms with van der Waals surface area (Å²) in [5, 5.41) is 0.360. The van der Waals surface area contributed by atoms with Crippen LogP contribution in [0.2, 0.25) is 0 Å². The first-order chi connectivity index (χ1) is 15.6. The van der Waals surface area contributed by atoms with Gasteiger partial charge >= 0.3 is 0 Å². The molecule has 2 N–H and O–H groups in total. The number of pyridine rings is 1. The summed E-state index contributed by atoms with van der Waals surface area (Å²) >= 11 is 0. The summed E-state index contributed by atoms with van der Waals surface area (Å²) in [6.07, 6.45) is 1.59. The minimum Gasteiger partial charge on any atom is -0.369 e. The molecule has 2 aromatic heterocycles. The first-order valence-corrected chi connectivity index (χ1v) is 11.5.